The van der Waals surface area contributed by atoms with E-state index in [2.05, 4.69) is 0 Å². The molecule has 0 saturated carbocycles. The quantitative estimate of drug-likeness (QED) is 0.482. The molecule has 0 aromatic carbocycles. The molecule has 0 aliphatic carbocycles. The van der Waals surface area contributed by atoms with Gasteiger partial charge in [-0.1, -0.05) is 0 Å². The minimum Gasteiger partial charge on any atom is -0.457 e. The molecule has 0 spiro atoms. The molecule has 9 heteroatoms. The Morgan fingerprint density at radius 1 is 0.826 bits per heavy atom. The highest BCUT2D eigenvalue weighted by Gasteiger charge is 2.51. The van der Waals surface area contributed by atoms with Gasteiger partial charge in [-0.3, -0.25) is 14.4 Å². The molecule has 0 unspecified atom stereocenters. The third-order valence-corrected chi connectivity index (χ3v) is 3.08. The van der Waals surface area contributed by atoms with Crippen LogP contribution in [0.25, 0.3) is 0 Å². The van der Waals surface area contributed by atoms with Crippen LogP contribution in [0.3, 0.4) is 0 Å². The van der Waals surface area contributed by atoms with Crippen LogP contribution < -0.4 is 0 Å². The summed E-state index contributed by atoms with van der Waals surface area (Å²) in [6.07, 6.45) is -4.83. The van der Waals surface area contributed by atoms with Crippen LogP contribution in [0.2, 0.25) is 0 Å². The Hall–Kier alpha value is -1.71. The number of methoxy groups -OCH3 is 2. The second-order valence-electron chi connectivity index (χ2n) is 4.96. The van der Waals surface area contributed by atoms with Gasteiger partial charge in [0.05, 0.1) is 6.61 Å². The molecule has 0 bridgehead atoms. The van der Waals surface area contributed by atoms with E-state index in [4.69, 9.17) is 28.4 Å². The van der Waals surface area contributed by atoms with Gasteiger partial charge in [0.1, 0.15) is 12.2 Å². The van der Waals surface area contributed by atoms with E-state index in [1.54, 1.807) is 0 Å². The Morgan fingerprint density at radius 2 is 1.35 bits per heavy atom. The Morgan fingerprint density at radius 3 is 1.78 bits per heavy atom. The van der Waals surface area contributed by atoms with E-state index >= 15 is 0 Å². The Bertz CT molecular complexity index is 436. The first-order valence-corrected chi connectivity index (χ1v) is 6.99. The molecule has 1 aliphatic rings. The fraction of sp³-hybridized carbons (Fsp3) is 0.786. The van der Waals surface area contributed by atoms with E-state index in [9.17, 15) is 14.4 Å². The number of rotatable bonds is 6. The summed E-state index contributed by atoms with van der Waals surface area (Å²) >= 11 is 0. The van der Waals surface area contributed by atoms with Crippen molar-refractivity contribution in [3.05, 3.63) is 0 Å². The molecular formula is C14H22O9. The highest BCUT2D eigenvalue weighted by Crippen LogP contribution is 2.29. The number of hydrogen-bond acceptors (Lipinski definition) is 9. The zero-order chi connectivity index (χ0) is 17.6. The van der Waals surface area contributed by atoms with E-state index in [1.165, 1.54) is 35.0 Å². The molecule has 1 saturated heterocycles. The highest BCUT2D eigenvalue weighted by molar-refractivity contribution is 5.68. The monoisotopic (exact) mass is 334 g/mol. The van der Waals surface area contributed by atoms with Gasteiger partial charge < -0.3 is 28.4 Å². The normalized spacial score (nSPS) is 30.4. The van der Waals surface area contributed by atoms with E-state index in [1.807, 2.05) is 0 Å². The van der Waals surface area contributed by atoms with E-state index < -0.39 is 48.6 Å². The van der Waals surface area contributed by atoms with Crippen LogP contribution in [-0.4, -0.2) is 69.4 Å². The van der Waals surface area contributed by atoms with Gasteiger partial charge in [-0.25, -0.2) is 0 Å². The minimum absolute atomic E-state index is 0.0579. The Labute approximate surface area is 134 Å². The summed E-state index contributed by atoms with van der Waals surface area (Å²) in [7, 11) is 2.80. The summed E-state index contributed by atoms with van der Waals surface area (Å²) < 4.78 is 31.4. The van der Waals surface area contributed by atoms with E-state index in [-0.39, 0.29) is 6.61 Å². The molecule has 0 aromatic rings. The fourth-order valence-corrected chi connectivity index (χ4v) is 2.35. The number of carbonyl (C=O) groups excluding carboxylic acids is 3. The molecule has 5 atom stereocenters. The number of hydrogen-bond donors (Lipinski definition) is 0. The third kappa shape index (κ3) is 5.45. The second kappa shape index (κ2) is 8.80. The van der Waals surface area contributed by atoms with Crippen molar-refractivity contribution in [2.75, 3.05) is 20.8 Å². The topological polar surface area (TPSA) is 107 Å². The van der Waals surface area contributed by atoms with Crippen molar-refractivity contribution < 1.29 is 42.8 Å². The lowest BCUT2D eigenvalue weighted by atomic mass is 9.98. The van der Waals surface area contributed by atoms with Gasteiger partial charge in [0, 0.05) is 35.0 Å². The van der Waals surface area contributed by atoms with Crippen LogP contribution in [0.5, 0.6) is 0 Å². The lowest BCUT2D eigenvalue weighted by Crippen LogP contribution is -2.62. The summed E-state index contributed by atoms with van der Waals surface area (Å²) in [6.45, 7) is 3.68. The first kappa shape index (κ1) is 19.3. The maximum absolute atomic E-state index is 11.3. The summed E-state index contributed by atoms with van der Waals surface area (Å²) in [4.78, 5) is 33.9. The van der Waals surface area contributed by atoms with Crippen LogP contribution in [0.4, 0.5) is 0 Å². The molecule has 9 nitrogen and oxygen atoms in total. The lowest BCUT2D eigenvalue weighted by molar-refractivity contribution is -0.301. The van der Waals surface area contributed by atoms with Gasteiger partial charge in [0.2, 0.25) is 6.29 Å². The maximum Gasteiger partial charge on any atom is 0.305 e. The van der Waals surface area contributed by atoms with E-state index in [0.717, 1.165) is 0 Å². The molecular weight excluding hydrogens is 312 g/mol. The van der Waals surface area contributed by atoms with Crippen LogP contribution in [0.1, 0.15) is 20.8 Å². The first-order chi connectivity index (χ1) is 10.8. The van der Waals surface area contributed by atoms with Crippen molar-refractivity contribution in [1.29, 1.82) is 0 Å². The summed E-state index contributed by atoms with van der Waals surface area (Å²) in [5, 5.41) is 0. The van der Waals surface area contributed by atoms with Gasteiger partial charge in [-0.2, -0.15) is 0 Å². The molecule has 0 N–H and O–H groups in total. The summed E-state index contributed by atoms with van der Waals surface area (Å²) in [6, 6.07) is 0. The lowest BCUT2D eigenvalue weighted by Gasteiger charge is -2.43. The second-order valence-corrected chi connectivity index (χ2v) is 4.96. The van der Waals surface area contributed by atoms with Crippen molar-refractivity contribution in [2.45, 2.75) is 51.5 Å². The van der Waals surface area contributed by atoms with Gasteiger partial charge in [0.25, 0.3) is 0 Å². The Balaban J connectivity index is 3.12. The number of esters is 3. The van der Waals surface area contributed by atoms with Crippen LogP contribution in [0.15, 0.2) is 0 Å². The van der Waals surface area contributed by atoms with Crippen molar-refractivity contribution in [3.8, 4) is 0 Å². The predicted molar refractivity (Wildman–Crippen MR) is 74.2 cm³/mol. The van der Waals surface area contributed by atoms with Crippen molar-refractivity contribution in [3.63, 3.8) is 0 Å². The van der Waals surface area contributed by atoms with E-state index in [0.29, 0.717) is 0 Å². The van der Waals surface area contributed by atoms with Crippen molar-refractivity contribution >= 4 is 17.9 Å². The molecule has 1 heterocycles. The molecule has 0 aromatic heterocycles. The van der Waals surface area contributed by atoms with Crippen LogP contribution in [0, 0.1) is 0 Å². The SMILES string of the molecule is COC[C@H]1O[C@@H](OC(C)=O)[C@H](OC(C)=O)[C@@H](OC)[C@@H]1OC(C)=O. The Kier molecular flexibility index (Phi) is 7.40. The minimum atomic E-state index is -1.20. The number of carbonyl (C=O) groups is 3. The molecule has 1 aliphatic heterocycles. The smallest absolute Gasteiger partial charge is 0.305 e. The first-order valence-electron chi connectivity index (χ1n) is 6.99. The van der Waals surface area contributed by atoms with Gasteiger partial charge >= 0.3 is 17.9 Å². The largest absolute Gasteiger partial charge is 0.457 e. The average molecular weight is 334 g/mol. The maximum atomic E-state index is 11.3. The molecule has 0 amide bonds. The highest BCUT2D eigenvalue weighted by atomic mass is 16.7. The van der Waals surface area contributed by atoms with Crippen molar-refractivity contribution in [2.24, 2.45) is 0 Å². The fourth-order valence-electron chi connectivity index (χ4n) is 2.35. The van der Waals surface area contributed by atoms with Gasteiger partial charge in [-0.15, -0.1) is 0 Å². The van der Waals surface area contributed by atoms with Crippen molar-refractivity contribution in [1.82, 2.24) is 0 Å². The third-order valence-electron chi connectivity index (χ3n) is 3.08. The molecule has 1 fully saturated rings. The van der Waals surface area contributed by atoms with Crippen LogP contribution >= 0.6 is 0 Å². The summed E-state index contributed by atoms with van der Waals surface area (Å²) in [5.41, 5.74) is 0. The molecule has 1 rings (SSSR count). The van der Waals surface area contributed by atoms with Crippen LogP contribution in [-0.2, 0) is 42.8 Å². The average Bonchev–Trinajstić information content (AvgIpc) is 2.42. The van der Waals surface area contributed by atoms with Gasteiger partial charge in [-0.05, 0) is 0 Å². The molecule has 132 valence electrons. The summed E-state index contributed by atoms with van der Waals surface area (Å²) in [5.74, 6) is -1.80. The molecule has 0 radical (unpaired) electrons. The number of ether oxygens (including phenoxy) is 6. The zero-order valence-electron chi connectivity index (χ0n) is 13.8. The predicted octanol–water partition coefficient (Wildman–Crippen LogP) is -0.201. The standard InChI is InChI=1S/C14H22O9/c1-7(15)20-11-10(6-18-4)23-14(22-9(3)17)13(12(11)19-5)21-8(2)16/h10-14H,6H2,1-5H3/t10-,11-,12+,13-,14-/m1/s1. The zero-order valence-corrected chi connectivity index (χ0v) is 13.8. The van der Waals surface area contributed by atoms with Gasteiger partial charge in [0.15, 0.2) is 12.2 Å². The molecule has 23 heavy (non-hydrogen) atoms.